The molecule has 1 amide bonds. The SMILES string of the molecule is COc1ccsc1C(=O)NCC(CC(C)C)C(=O)O. The molecule has 1 atom stereocenters. The lowest BCUT2D eigenvalue weighted by atomic mass is 9.97. The molecule has 0 aromatic carbocycles. The second kappa shape index (κ2) is 7.13. The van der Waals surface area contributed by atoms with Crippen LogP contribution in [-0.2, 0) is 4.79 Å². The summed E-state index contributed by atoms with van der Waals surface area (Å²) < 4.78 is 5.06. The van der Waals surface area contributed by atoms with Crippen LogP contribution in [0.1, 0.15) is 29.9 Å². The number of amides is 1. The molecule has 1 aromatic rings. The molecular formula is C13H19NO4S. The molecule has 1 rings (SSSR count). The van der Waals surface area contributed by atoms with Gasteiger partial charge >= 0.3 is 5.97 Å². The predicted octanol–water partition coefficient (Wildman–Crippen LogP) is 2.23. The summed E-state index contributed by atoms with van der Waals surface area (Å²) in [6.45, 7) is 4.05. The molecule has 19 heavy (non-hydrogen) atoms. The van der Waals surface area contributed by atoms with Crippen molar-refractivity contribution in [3.63, 3.8) is 0 Å². The van der Waals surface area contributed by atoms with Crippen LogP contribution in [0.5, 0.6) is 5.75 Å². The molecule has 2 N–H and O–H groups in total. The van der Waals surface area contributed by atoms with Crippen LogP contribution in [0.15, 0.2) is 11.4 Å². The summed E-state index contributed by atoms with van der Waals surface area (Å²) in [4.78, 5) is 23.5. The summed E-state index contributed by atoms with van der Waals surface area (Å²) in [6, 6.07) is 1.71. The number of hydrogen-bond acceptors (Lipinski definition) is 4. The Morgan fingerprint density at radius 1 is 1.47 bits per heavy atom. The fourth-order valence-corrected chi connectivity index (χ4v) is 2.53. The summed E-state index contributed by atoms with van der Waals surface area (Å²) in [7, 11) is 1.50. The number of thiophene rings is 1. The number of carbonyl (C=O) groups excluding carboxylic acids is 1. The maximum Gasteiger partial charge on any atom is 0.308 e. The van der Waals surface area contributed by atoms with Crippen LogP contribution in [0.4, 0.5) is 0 Å². The smallest absolute Gasteiger partial charge is 0.308 e. The minimum absolute atomic E-state index is 0.132. The van der Waals surface area contributed by atoms with E-state index in [9.17, 15) is 9.59 Å². The van der Waals surface area contributed by atoms with E-state index < -0.39 is 11.9 Å². The van der Waals surface area contributed by atoms with Crippen LogP contribution in [0, 0.1) is 11.8 Å². The fourth-order valence-electron chi connectivity index (χ4n) is 1.76. The lowest BCUT2D eigenvalue weighted by molar-refractivity contribution is -0.142. The third-order valence-electron chi connectivity index (χ3n) is 2.67. The zero-order valence-corrected chi connectivity index (χ0v) is 12.1. The van der Waals surface area contributed by atoms with Crippen molar-refractivity contribution in [2.24, 2.45) is 11.8 Å². The predicted molar refractivity (Wildman–Crippen MR) is 73.8 cm³/mol. The molecule has 1 unspecified atom stereocenters. The maximum absolute atomic E-state index is 11.9. The maximum atomic E-state index is 11.9. The average molecular weight is 285 g/mol. The topological polar surface area (TPSA) is 75.6 Å². The van der Waals surface area contributed by atoms with E-state index in [1.165, 1.54) is 18.4 Å². The third kappa shape index (κ3) is 4.55. The first-order valence-electron chi connectivity index (χ1n) is 6.08. The van der Waals surface area contributed by atoms with Crippen LogP contribution >= 0.6 is 11.3 Å². The zero-order valence-electron chi connectivity index (χ0n) is 11.3. The lowest BCUT2D eigenvalue weighted by Gasteiger charge is -2.15. The number of carboxylic acids is 1. The van der Waals surface area contributed by atoms with Gasteiger partial charge in [-0.15, -0.1) is 11.3 Å². The average Bonchev–Trinajstić information content (AvgIpc) is 2.81. The van der Waals surface area contributed by atoms with Crippen molar-refractivity contribution in [2.45, 2.75) is 20.3 Å². The van der Waals surface area contributed by atoms with E-state index in [2.05, 4.69) is 5.32 Å². The molecule has 5 nitrogen and oxygen atoms in total. The van der Waals surface area contributed by atoms with Gasteiger partial charge in [-0.2, -0.15) is 0 Å². The number of carbonyl (C=O) groups is 2. The van der Waals surface area contributed by atoms with Gasteiger partial charge in [-0.25, -0.2) is 0 Å². The van der Waals surface area contributed by atoms with Crippen LogP contribution in [-0.4, -0.2) is 30.6 Å². The van der Waals surface area contributed by atoms with Gasteiger partial charge in [0.2, 0.25) is 0 Å². The Labute approximate surface area is 116 Å². The molecule has 0 aliphatic carbocycles. The van der Waals surface area contributed by atoms with Crippen molar-refractivity contribution in [1.29, 1.82) is 0 Å². The highest BCUT2D eigenvalue weighted by Crippen LogP contribution is 2.24. The zero-order chi connectivity index (χ0) is 14.4. The van der Waals surface area contributed by atoms with E-state index in [4.69, 9.17) is 9.84 Å². The van der Waals surface area contributed by atoms with Gasteiger partial charge in [-0.05, 0) is 23.8 Å². The van der Waals surface area contributed by atoms with Gasteiger partial charge in [0.15, 0.2) is 0 Å². The quantitative estimate of drug-likeness (QED) is 0.805. The molecule has 0 aliphatic heterocycles. The van der Waals surface area contributed by atoms with Crippen LogP contribution in [0.2, 0.25) is 0 Å². The van der Waals surface area contributed by atoms with Gasteiger partial charge in [-0.1, -0.05) is 13.8 Å². The highest BCUT2D eigenvalue weighted by Gasteiger charge is 2.21. The van der Waals surface area contributed by atoms with E-state index in [1.54, 1.807) is 11.4 Å². The van der Waals surface area contributed by atoms with Crippen LogP contribution < -0.4 is 10.1 Å². The normalized spacial score (nSPS) is 12.2. The summed E-state index contributed by atoms with van der Waals surface area (Å²) in [5, 5.41) is 13.5. The van der Waals surface area contributed by atoms with Crippen molar-refractivity contribution in [3.05, 3.63) is 16.3 Å². The van der Waals surface area contributed by atoms with E-state index in [-0.39, 0.29) is 18.4 Å². The molecule has 0 bridgehead atoms. The first-order chi connectivity index (χ1) is 8.95. The molecule has 0 aliphatic rings. The molecule has 1 heterocycles. The molecule has 106 valence electrons. The second-order valence-corrected chi connectivity index (χ2v) is 5.61. The number of nitrogens with one attached hydrogen (secondary N) is 1. The summed E-state index contributed by atoms with van der Waals surface area (Å²) in [5.41, 5.74) is 0. The van der Waals surface area contributed by atoms with Crippen LogP contribution in [0.3, 0.4) is 0 Å². The summed E-state index contributed by atoms with van der Waals surface area (Å²) in [5.74, 6) is -0.948. The number of aliphatic carboxylic acids is 1. The number of methoxy groups -OCH3 is 1. The number of hydrogen-bond donors (Lipinski definition) is 2. The lowest BCUT2D eigenvalue weighted by Crippen LogP contribution is -2.33. The van der Waals surface area contributed by atoms with Crippen molar-refractivity contribution in [1.82, 2.24) is 5.32 Å². The minimum atomic E-state index is -0.882. The Kier molecular flexibility index (Phi) is 5.82. The van der Waals surface area contributed by atoms with E-state index in [0.717, 1.165) is 0 Å². The molecule has 0 radical (unpaired) electrons. The van der Waals surface area contributed by atoms with E-state index in [0.29, 0.717) is 17.0 Å². The second-order valence-electron chi connectivity index (χ2n) is 4.69. The number of carboxylic acid groups (broad SMARTS) is 1. The molecule has 1 aromatic heterocycles. The van der Waals surface area contributed by atoms with Gasteiger partial charge < -0.3 is 15.2 Å². The summed E-state index contributed by atoms with van der Waals surface area (Å²) in [6.07, 6.45) is 0.539. The Morgan fingerprint density at radius 2 is 2.16 bits per heavy atom. The van der Waals surface area contributed by atoms with E-state index >= 15 is 0 Å². The molecule has 0 spiro atoms. The van der Waals surface area contributed by atoms with Crippen molar-refractivity contribution >= 4 is 23.2 Å². The largest absolute Gasteiger partial charge is 0.495 e. The summed E-state index contributed by atoms with van der Waals surface area (Å²) >= 11 is 1.27. The Morgan fingerprint density at radius 3 is 2.68 bits per heavy atom. The van der Waals surface area contributed by atoms with Gasteiger partial charge in [0, 0.05) is 6.54 Å². The molecule has 6 heteroatoms. The van der Waals surface area contributed by atoms with Crippen molar-refractivity contribution < 1.29 is 19.4 Å². The number of rotatable bonds is 7. The van der Waals surface area contributed by atoms with Crippen molar-refractivity contribution in [2.75, 3.05) is 13.7 Å². The van der Waals surface area contributed by atoms with E-state index in [1.807, 2.05) is 13.8 Å². The highest BCUT2D eigenvalue weighted by atomic mass is 32.1. The highest BCUT2D eigenvalue weighted by molar-refractivity contribution is 7.12. The molecular weight excluding hydrogens is 266 g/mol. The fraction of sp³-hybridized carbons (Fsp3) is 0.538. The monoisotopic (exact) mass is 285 g/mol. The minimum Gasteiger partial charge on any atom is -0.495 e. The molecule has 0 saturated heterocycles. The Bertz CT molecular complexity index is 442. The van der Waals surface area contributed by atoms with Gasteiger partial charge in [-0.3, -0.25) is 9.59 Å². The van der Waals surface area contributed by atoms with Gasteiger partial charge in [0.25, 0.3) is 5.91 Å². The standard InChI is InChI=1S/C13H19NO4S/c1-8(2)6-9(13(16)17)7-14-12(15)11-10(18-3)4-5-19-11/h4-5,8-9H,6-7H2,1-3H3,(H,14,15)(H,16,17). The Balaban J connectivity index is 2.59. The van der Waals surface area contributed by atoms with Crippen LogP contribution in [0.25, 0.3) is 0 Å². The molecule has 0 fully saturated rings. The molecule has 0 saturated carbocycles. The number of ether oxygens (including phenoxy) is 1. The van der Waals surface area contributed by atoms with Gasteiger partial charge in [0.05, 0.1) is 13.0 Å². The first-order valence-corrected chi connectivity index (χ1v) is 6.96. The van der Waals surface area contributed by atoms with Crippen molar-refractivity contribution in [3.8, 4) is 5.75 Å². The first kappa shape index (κ1) is 15.5. The van der Waals surface area contributed by atoms with Gasteiger partial charge in [0.1, 0.15) is 10.6 Å². The third-order valence-corrected chi connectivity index (χ3v) is 3.56. The Hall–Kier alpha value is -1.56.